The van der Waals surface area contributed by atoms with Crippen LogP contribution >= 0.6 is 23.2 Å². The van der Waals surface area contributed by atoms with Crippen molar-refractivity contribution in [2.75, 3.05) is 5.88 Å². The number of hydrogen-bond donors (Lipinski definition) is 0. The van der Waals surface area contributed by atoms with Gasteiger partial charge in [-0.05, 0) is 12.8 Å². The molecule has 8 heavy (non-hydrogen) atoms. The van der Waals surface area contributed by atoms with Crippen LogP contribution in [0.1, 0.15) is 13.3 Å². The van der Waals surface area contributed by atoms with Crippen LogP contribution in [0.15, 0.2) is 0 Å². The quantitative estimate of drug-likeness (QED) is 0.548. The fourth-order valence-corrected chi connectivity index (χ4v) is 0.812. The monoisotopic (exact) mass is 153 g/mol. The van der Waals surface area contributed by atoms with E-state index in [0.29, 0.717) is 11.8 Å². The van der Waals surface area contributed by atoms with Gasteiger partial charge in [0.25, 0.3) is 0 Å². The maximum atomic E-state index is 5.72. The predicted molar refractivity (Wildman–Crippen MR) is 39.5 cm³/mol. The maximum absolute atomic E-state index is 5.72. The molecule has 0 saturated carbocycles. The van der Waals surface area contributed by atoms with Crippen LogP contribution in [0, 0.1) is 12.8 Å². The Morgan fingerprint density at radius 1 is 1.62 bits per heavy atom. The average Bonchev–Trinajstić information content (AvgIpc) is 1.84. The first-order chi connectivity index (χ1) is 3.72. The zero-order chi connectivity index (χ0) is 6.57. The minimum atomic E-state index is 0.0432. The maximum Gasteiger partial charge on any atom is 0.0499 e. The van der Waals surface area contributed by atoms with Crippen molar-refractivity contribution < 1.29 is 0 Å². The first-order valence-electron chi connectivity index (χ1n) is 2.75. The molecular weight excluding hydrogens is 143 g/mol. The molecule has 2 heteroatoms. The van der Waals surface area contributed by atoms with Gasteiger partial charge in [0.2, 0.25) is 0 Å². The Morgan fingerprint density at radius 2 is 2.12 bits per heavy atom. The second kappa shape index (κ2) is 4.46. The van der Waals surface area contributed by atoms with Gasteiger partial charge >= 0.3 is 0 Å². The van der Waals surface area contributed by atoms with E-state index in [-0.39, 0.29) is 5.38 Å². The molecule has 0 nitrogen and oxygen atoms in total. The third-order valence-corrected chi connectivity index (χ3v) is 2.18. The smallest absolute Gasteiger partial charge is 0.0499 e. The van der Waals surface area contributed by atoms with Gasteiger partial charge in [-0.2, -0.15) is 0 Å². The molecule has 0 aromatic rings. The van der Waals surface area contributed by atoms with Crippen LogP contribution in [-0.2, 0) is 0 Å². The summed E-state index contributed by atoms with van der Waals surface area (Å²) in [7, 11) is 0. The highest BCUT2D eigenvalue weighted by atomic mass is 35.5. The lowest BCUT2D eigenvalue weighted by molar-refractivity contribution is 0.613. The Labute approximate surface area is 61.2 Å². The Kier molecular flexibility index (Phi) is 4.78. The second-order valence-electron chi connectivity index (χ2n) is 1.84. The Morgan fingerprint density at radius 3 is 2.25 bits per heavy atom. The first-order valence-corrected chi connectivity index (χ1v) is 3.72. The van der Waals surface area contributed by atoms with Crippen LogP contribution in [0.5, 0.6) is 0 Å². The lowest BCUT2D eigenvalue weighted by Crippen LogP contribution is -2.11. The lowest BCUT2D eigenvalue weighted by Gasteiger charge is -2.11. The van der Waals surface area contributed by atoms with Gasteiger partial charge in [0.05, 0.1) is 0 Å². The van der Waals surface area contributed by atoms with Crippen LogP contribution in [0.4, 0.5) is 0 Å². The number of hydrogen-bond acceptors (Lipinski definition) is 0. The normalized spacial score (nSPS) is 18.0. The molecule has 0 heterocycles. The summed E-state index contributed by atoms with van der Waals surface area (Å²) in [6, 6.07) is 0. The largest absolute Gasteiger partial charge is 0.125 e. The molecule has 0 aromatic heterocycles. The van der Waals surface area contributed by atoms with Crippen molar-refractivity contribution in [2.24, 2.45) is 5.92 Å². The first kappa shape index (κ1) is 8.58. The van der Waals surface area contributed by atoms with E-state index in [0.717, 1.165) is 6.42 Å². The SMILES string of the molecule is [CH2]C(CC)C(Cl)CCl. The molecule has 49 valence electrons. The summed E-state index contributed by atoms with van der Waals surface area (Å²) >= 11 is 11.2. The van der Waals surface area contributed by atoms with Crippen molar-refractivity contribution in [1.29, 1.82) is 0 Å². The van der Waals surface area contributed by atoms with Crippen LogP contribution in [0.2, 0.25) is 0 Å². The van der Waals surface area contributed by atoms with Gasteiger partial charge in [-0.25, -0.2) is 0 Å². The molecule has 2 unspecified atom stereocenters. The minimum absolute atomic E-state index is 0.0432. The van der Waals surface area contributed by atoms with Gasteiger partial charge < -0.3 is 0 Å². The Balaban J connectivity index is 3.29. The highest BCUT2D eigenvalue weighted by molar-refractivity contribution is 6.28. The summed E-state index contributed by atoms with van der Waals surface area (Å²) in [5.74, 6) is 0.804. The lowest BCUT2D eigenvalue weighted by atomic mass is 10.1. The molecule has 2 atom stereocenters. The molecule has 0 aliphatic carbocycles. The minimum Gasteiger partial charge on any atom is -0.125 e. The summed E-state index contributed by atoms with van der Waals surface area (Å²) in [5.41, 5.74) is 0. The zero-order valence-electron chi connectivity index (χ0n) is 5.03. The highest BCUT2D eigenvalue weighted by Crippen LogP contribution is 2.13. The Bertz CT molecular complexity index is 46.5. The third-order valence-electron chi connectivity index (χ3n) is 1.18. The van der Waals surface area contributed by atoms with Crippen LogP contribution < -0.4 is 0 Å². The Hall–Kier alpha value is 0.580. The molecule has 0 spiro atoms. The van der Waals surface area contributed by atoms with Crippen molar-refractivity contribution in [3.63, 3.8) is 0 Å². The van der Waals surface area contributed by atoms with Crippen molar-refractivity contribution in [3.8, 4) is 0 Å². The topological polar surface area (TPSA) is 0 Å². The molecule has 0 aliphatic heterocycles. The van der Waals surface area contributed by atoms with E-state index in [1.165, 1.54) is 0 Å². The number of alkyl halides is 2. The highest BCUT2D eigenvalue weighted by Gasteiger charge is 2.09. The predicted octanol–water partition coefficient (Wildman–Crippen LogP) is 2.69. The summed E-state index contributed by atoms with van der Waals surface area (Å²) < 4.78 is 0. The van der Waals surface area contributed by atoms with E-state index in [4.69, 9.17) is 23.2 Å². The number of halogens is 2. The van der Waals surface area contributed by atoms with Gasteiger partial charge in [-0.15, -0.1) is 23.2 Å². The molecular formula is C6H11Cl2. The molecule has 0 saturated heterocycles. The van der Waals surface area contributed by atoms with Crippen LogP contribution in [-0.4, -0.2) is 11.3 Å². The van der Waals surface area contributed by atoms with Gasteiger partial charge in [-0.3, -0.25) is 0 Å². The fraction of sp³-hybridized carbons (Fsp3) is 0.833. The fourth-order valence-electron chi connectivity index (χ4n) is 0.382. The third kappa shape index (κ3) is 2.78. The van der Waals surface area contributed by atoms with Gasteiger partial charge in [0, 0.05) is 11.3 Å². The number of rotatable bonds is 3. The molecule has 1 radical (unpaired) electrons. The van der Waals surface area contributed by atoms with E-state index in [1.807, 2.05) is 0 Å². The van der Waals surface area contributed by atoms with E-state index < -0.39 is 0 Å². The van der Waals surface area contributed by atoms with Gasteiger partial charge in [0.1, 0.15) is 0 Å². The molecule has 0 bridgehead atoms. The van der Waals surface area contributed by atoms with E-state index in [1.54, 1.807) is 0 Å². The average molecular weight is 154 g/mol. The molecule has 0 aliphatic rings. The standard InChI is InChI=1S/C6H11Cl2/c1-3-5(2)6(8)4-7/h5-6H,2-4H2,1H3. The van der Waals surface area contributed by atoms with Gasteiger partial charge in [0.15, 0.2) is 0 Å². The van der Waals surface area contributed by atoms with Crippen LogP contribution in [0.3, 0.4) is 0 Å². The molecule has 0 aromatic carbocycles. The van der Waals surface area contributed by atoms with Crippen molar-refractivity contribution in [1.82, 2.24) is 0 Å². The van der Waals surface area contributed by atoms with Crippen molar-refractivity contribution in [2.45, 2.75) is 18.7 Å². The summed E-state index contributed by atoms with van der Waals surface area (Å²) in [6.45, 7) is 5.87. The molecule has 0 fully saturated rings. The van der Waals surface area contributed by atoms with Gasteiger partial charge in [-0.1, -0.05) is 13.3 Å². The molecule has 0 N–H and O–H groups in total. The zero-order valence-corrected chi connectivity index (χ0v) is 6.54. The van der Waals surface area contributed by atoms with E-state index in [9.17, 15) is 0 Å². The summed E-state index contributed by atoms with van der Waals surface area (Å²) in [4.78, 5) is 0. The molecule has 0 rings (SSSR count). The van der Waals surface area contributed by atoms with Crippen molar-refractivity contribution >= 4 is 23.2 Å². The second-order valence-corrected chi connectivity index (χ2v) is 2.71. The van der Waals surface area contributed by atoms with E-state index in [2.05, 4.69) is 13.8 Å². The van der Waals surface area contributed by atoms with Crippen molar-refractivity contribution in [3.05, 3.63) is 6.92 Å². The summed E-state index contributed by atoms with van der Waals surface area (Å²) in [5, 5.41) is 0.0432. The summed E-state index contributed by atoms with van der Waals surface area (Å²) in [6.07, 6.45) is 1.00. The van der Waals surface area contributed by atoms with E-state index >= 15 is 0 Å². The molecule has 0 amide bonds. The van der Waals surface area contributed by atoms with Crippen LogP contribution in [0.25, 0.3) is 0 Å².